The van der Waals surface area contributed by atoms with Gasteiger partial charge in [-0.05, 0) is 64.0 Å². The van der Waals surface area contributed by atoms with Gasteiger partial charge in [0.1, 0.15) is 0 Å². The maximum absolute atomic E-state index is 14.2. The number of nitrogens with one attached hydrogen (secondary N) is 1. The van der Waals surface area contributed by atoms with Crippen LogP contribution in [-0.4, -0.2) is 70.8 Å². The number of nitrogens with zero attached hydrogens (tertiary/aromatic N) is 4. The second kappa shape index (κ2) is 12.0. The lowest BCUT2D eigenvalue weighted by Gasteiger charge is -2.45. The van der Waals surface area contributed by atoms with Crippen LogP contribution in [-0.2, 0) is 9.53 Å². The van der Waals surface area contributed by atoms with Gasteiger partial charge in [0, 0.05) is 43.3 Å². The predicted octanol–water partition coefficient (Wildman–Crippen LogP) is 4.41. The molecule has 1 N–H and O–H groups in total. The molecular weight excluding hydrogens is 490 g/mol. The first-order valence-electron chi connectivity index (χ1n) is 15.5. The summed E-state index contributed by atoms with van der Waals surface area (Å²) in [5, 5.41) is 3.31. The Hall–Kier alpha value is -2.45. The Balaban J connectivity index is 1.23. The summed E-state index contributed by atoms with van der Waals surface area (Å²) in [4.78, 5) is 35.9. The smallest absolute Gasteiger partial charge is 0.319 e. The third-order valence-electron chi connectivity index (χ3n) is 9.73. The number of hydrogen-bond acceptors (Lipinski definition) is 7. The molecule has 1 aromatic carbocycles. The van der Waals surface area contributed by atoms with E-state index in [9.17, 15) is 9.59 Å². The summed E-state index contributed by atoms with van der Waals surface area (Å²) >= 11 is 0. The molecule has 4 fully saturated rings. The highest BCUT2D eigenvalue weighted by atomic mass is 16.5. The summed E-state index contributed by atoms with van der Waals surface area (Å²) in [6.45, 7) is 3.83. The second-order valence-electron chi connectivity index (χ2n) is 12.2. The second-order valence-corrected chi connectivity index (χ2v) is 12.2. The van der Waals surface area contributed by atoms with Crippen molar-refractivity contribution in [3.05, 3.63) is 34.6 Å². The van der Waals surface area contributed by atoms with Crippen LogP contribution in [0.2, 0.25) is 0 Å². The van der Waals surface area contributed by atoms with Gasteiger partial charge in [0.2, 0.25) is 0 Å². The first-order chi connectivity index (χ1) is 19.1. The van der Waals surface area contributed by atoms with E-state index >= 15 is 0 Å². The molecule has 4 aliphatic rings. The average molecular weight is 536 g/mol. The molecule has 0 unspecified atom stereocenters. The van der Waals surface area contributed by atoms with Crippen molar-refractivity contribution in [2.24, 2.45) is 0 Å². The summed E-state index contributed by atoms with van der Waals surface area (Å²) in [6, 6.07) is 10.4. The van der Waals surface area contributed by atoms with Gasteiger partial charge >= 0.3 is 5.97 Å². The molecule has 39 heavy (non-hydrogen) atoms. The third kappa shape index (κ3) is 5.60. The lowest BCUT2D eigenvalue weighted by atomic mass is 9.89. The van der Waals surface area contributed by atoms with Crippen molar-refractivity contribution >= 4 is 22.8 Å². The van der Waals surface area contributed by atoms with Gasteiger partial charge in [-0.15, -0.1) is 0 Å². The number of aromatic nitrogens is 2. The van der Waals surface area contributed by atoms with Gasteiger partial charge in [0.05, 0.1) is 24.2 Å². The molecule has 1 aromatic heterocycles. The van der Waals surface area contributed by atoms with Gasteiger partial charge in [0.25, 0.3) is 5.56 Å². The largest absolute Gasteiger partial charge is 0.465 e. The minimum atomic E-state index is -0.234. The Kier molecular flexibility index (Phi) is 8.21. The Morgan fingerprint density at radius 2 is 1.67 bits per heavy atom. The molecule has 0 spiro atoms. The van der Waals surface area contributed by atoms with Crippen LogP contribution in [0.15, 0.2) is 29.1 Å². The number of carbonyl (C=O) groups excluding carboxylic acids is 1. The molecule has 4 atom stereocenters. The highest BCUT2D eigenvalue weighted by molar-refractivity contribution is 5.76. The summed E-state index contributed by atoms with van der Waals surface area (Å²) in [5.74, 6) is 0.325. The number of rotatable bonds is 7. The SMILES string of the molecule is CCOC(=O)CN[C@H]1CCN(c2nc3ccccc3n([C@H]3C[C@H]4CC[C@@H](C3)N4C3CCCCCCC3)c2=O)C1. The van der Waals surface area contributed by atoms with Crippen LogP contribution in [0.4, 0.5) is 5.82 Å². The molecule has 3 aliphatic heterocycles. The van der Waals surface area contributed by atoms with E-state index < -0.39 is 0 Å². The molecule has 1 aliphatic carbocycles. The van der Waals surface area contributed by atoms with Gasteiger partial charge in [0.15, 0.2) is 5.82 Å². The van der Waals surface area contributed by atoms with Gasteiger partial charge in [-0.25, -0.2) is 4.98 Å². The maximum Gasteiger partial charge on any atom is 0.319 e. The molecule has 2 bridgehead atoms. The monoisotopic (exact) mass is 535 g/mol. The predicted molar refractivity (Wildman–Crippen MR) is 154 cm³/mol. The number of benzene rings is 1. The minimum Gasteiger partial charge on any atom is -0.465 e. The van der Waals surface area contributed by atoms with E-state index in [0.29, 0.717) is 31.1 Å². The summed E-state index contributed by atoms with van der Waals surface area (Å²) in [5.41, 5.74) is 1.90. The van der Waals surface area contributed by atoms with E-state index in [1.54, 1.807) is 0 Å². The molecule has 0 amide bonds. The zero-order chi connectivity index (χ0) is 26.8. The zero-order valence-electron chi connectivity index (χ0n) is 23.5. The normalized spacial score (nSPS) is 28.5. The number of esters is 1. The lowest BCUT2D eigenvalue weighted by Crippen LogP contribution is -2.50. The fourth-order valence-corrected chi connectivity index (χ4v) is 7.99. The van der Waals surface area contributed by atoms with E-state index in [1.165, 1.54) is 57.8 Å². The van der Waals surface area contributed by atoms with Gasteiger partial charge < -0.3 is 19.5 Å². The van der Waals surface area contributed by atoms with Crippen molar-refractivity contribution in [3.8, 4) is 0 Å². The van der Waals surface area contributed by atoms with Crippen molar-refractivity contribution in [3.63, 3.8) is 0 Å². The molecule has 0 radical (unpaired) electrons. The summed E-state index contributed by atoms with van der Waals surface area (Å²) in [7, 11) is 0. The Labute approximate surface area is 232 Å². The molecule has 6 rings (SSSR count). The highest BCUT2D eigenvalue weighted by Crippen LogP contribution is 2.44. The van der Waals surface area contributed by atoms with E-state index in [4.69, 9.17) is 9.72 Å². The van der Waals surface area contributed by atoms with Crippen LogP contribution in [0.3, 0.4) is 0 Å². The molecule has 3 saturated heterocycles. The number of anilines is 1. The van der Waals surface area contributed by atoms with E-state index in [2.05, 4.69) is 25.8 Å². The number of hydrogen-bond donors (Lipinski definition) is 1. The lowest BCUT2D eigenvalue weighted by molar-refractivity contribution is -0.142. The standard InChI is InChI=1S/C31H45N5O3/c1-2-39-29(37)20-32-22-16-17-34(21-22)30-31(38)36(28-13-9-8-12-27(28)33-30)26-18-24-14-15-25(19-26)35(24)23-10-6-4-3-5-7-11-23/h8-9,12-13,22-26,32H,2-7,10-11,14-21H2,1H3/t22-,24-,25+,26+/m0/s1. The fourth-order valence-electron chi connectivity index (χ4n) is 7.99. The summed E-state index contributed by atoms with van der Waals surface area (Å²) in [6.07, 6.45) is 15.1. The maximum atomic E-state index is 14.2. The van der Waals surface area contributed by atoms with Crippen LogP contribution in [0.25, 0.3) is 11.0 Å². The molecule has 8 heteroatoms. The number of ether oxygens (including phenoxy) is 1. The molecule has 4 heterocycles. The van der Waals surface area contributed by atoms with Crippen molar-refractivity contribution in [1.82, 2.24) is 19.8 Å². The van der Waals surface area contributed by atoms with Crippen molar-refractivity contribution in [2.45, 2.75) is 114 Å². The first kappa shape index (κ1) is 26.8. The Morgan fingerprint density at radius 1 is 0.949 bits per heavy atom. The van der Waals surface area contributed by atoms with Crippen molar-refractivity contribution < 1.29 is 9.53 Å². The summed E-state index contributed by atoms with van der Waals surface area (Å²) < 4.78 is 7.17. The van der Waals surface area contributed by atoms with Crippen molar-refractivity contribution in [1.29, 1.82) is 0 Å². The van der Waals surface area contributed by atoms with Gasteiger partial charge in [-0.2, -0.15) is 0 Å². The van der Waals surface area contributed by atoms with Crippen molar-refractivity contribution in [2.75, 3.05) is 31.1 Å². The molecule has 212 valence electrons. The highest BCUT2D eigenvalue weighted by Gasteiger charge is 2.44. The number of carbonyl (C=O) groups is 1. The van der Waals surface area contributed by atoms with E-state index in [1.807, 2.05) is 25.1 Å². The number of piperidine rings is 1. The van der Waals surface area contributed by atoms with E-state index in [-0.39, 0.29) is 30.2 Å². The van der Waals surface area contributed by atoms with Crippen LogP contribution in [0.5, 0.6) is 0 Å². The number of fused-ring (bicyclic) bond motifs is 3. The van der Waals surface area contributed by atoms with E-state index in [0.717, 1.165) is 42.9 Å². The zero-order valence-corrected chi connectivity index (χ0v) is 23.5. The van der Waals surface area contributed by atoms with Gasteiger partial charge in [-0.1, -0.05) is 44.2 Å². The molecule has 1 saturated carbocycles. The van der Waals surface area contributed by atoms with Gasteiger partial charge in [-0.3, -0.25) is 14.5 Å². The Bertz CT molecular complexity index is 1190. The quantitative estimate of drug-likeness (QED) is 0.526. The number of para-hydroxylation sites is 2. The topological polar surface area (TPSA) is 79.7 Å². The van der Waals surface area contributed by atoms with Crippen LogP contribution in [0.1, 0.15) is 90.0 Å². The fraction of sp³-hybridized carbons (Fsp3) is 0.710. The average Bonchev–Trinajstić information content (AvgIpc) is 3.49. The van der Waals surface area contributed by atoms with Crippen LogP contribution in [0, 0.1) is 0 Å². The van der Waals surface area contributed by atoms with Crippen LogP contribution >= 0.6 is 0 Å². The first-order valence-corrected chi connectivity index (χ1v) is 15.5. The molecule has 2 aromatic rings. The Morgan fingerprint density at radius 3 is 2.41 bits per heavy atom. The molecule has 8 nitrogen and oxygen atoms in total. The molecular formula is C31H45N5O3. The van der Waals surface area contributed by atoms with Crippen LogP contribution < -0.4 is 15.8 Å². The third-order valence-corrected chi connectivity index (χ3v) is 9.73. The minimum absolute atomic E-state index is 0.0450.